The molecule has 1 rings (SSSR count). The van der Waals surface area contributed by atoms with Crippen LogP contribution in [0.2, 0.25) is 0 Å². The Hall–Kier alpha value is -1.49. The van der Waals surface area contributed by atoms with Crippen molar-refractivity contribution in [3.05, 3.63) is 40.7 Å². The average molecular weight is 118 g/mol. The fourth-order valence-electron chi connectivity index (χ4n) is 0.520. The van der Waals surface area contributed by atoms with E-state index in [-0.39, 0.29) is 11.1 Å². The molecule has 0 saturated carbocycles. The molecule has 43 valence electrons. The van der Waals surface area contributed by atoms with Crippen molar-refractivity contribution in [3.8, 4) is 5.92 Å². The van der Waals surface area contributed by atoms with Crippen LogP contribution >= 0.6 is 0 Å². The molecule has 1 heterocycles. The maximum atomic E-state index is 10.6. The highest BCUT2D eigenvalue weighted by atomic mass is 16.1. The molecule has 1 aromatic heterocycles. The first kappa shape index (κ1) is 5.64. The Morgan fingerprint density at radius 3 is 2.89 bits per heavy atom. The van der Waals surface area contributed by atoms with Gasteiger partial charge >= 0.3 is 0 Å². The standard InChI is InChI=1S/C7H4NO/c1-2-6-4-3-5-8-7(6)9/h3-5H,(H,8,9). The van der Waals surface area contributed by atoms with Gasteiger partial charge in [0.25, 0.3) is 5.56 Å². The Labute approximate surface area is 52.5 Å². The molecule has 0 bridgehead atoms. The lowest BCUT2D eigenvalue weighted by Gasteiger charge is -1.83. The number of pyridine rings is 1. The molecule has 0 aliphatic rings. The molecule has 2 heteroatoms. The minimum Gasteiger partial charge on any atom is -0.328 e. The summed E-state index contributed by atoms with van der Waals surface area (Å²) in [6.45, 7) is 0. The van der Waals surface area contributed by atoms with Gasteiger partial charge in [0.2, 0.25) is 0 Å². The first-order valence-electron chi connectivity index (χ1n) is 2.45. The Morgan fingerprint density at radius 1 is 1.67 bits per heavy atom. The van der Waals surface area contributed by atoms with Crippen molar-refractivity contribution in [2.24, 2.45) is 0 Å². The van der Waals surface area contributed by atoms with Crippen LogP contribution in [0.4, 0.5) is 0 Å². The normalized spacial score (nSPS) is 8.33. The Bertz CT molecular complexity index is 292. The van der Waals surface area contributed by atoms with E-state index in [0.717, 1.165) is 0 Å². The SMILES string of the molecule is [C]#Cc1ccc[nH]c1=O. The van der Waals surface area contributed by atoms with Crippen LogP contribution < -0.4 is 5.56 Å². The molecule has 0 aliphatic heterocycles. The van der Waals surface area contributed by atoms with Gasteiger partial charge in [-0.2, -0.15) is 0 Å². The van der Waals surface area contributed by atoms with E-state index in [1.807, 2.05) is 5.92 Å². The van der Waals surface area contributed by atoms with Gasteiger partial charge in [-0.15, -0.1) is 0 Å². The van der Waals surface area contributed by atoms with Crippen LogP contribution in [0.15, 0.2) is 23.1 Å². The fraction of sp³-hybridized carbons (Fsp3) is 0. The molecule has 2 nitrogen and oxygen atoms in total. The Kier molecular flexibility index (Phi) is 1.37. The Morgan fingerprint density at radius 2 is 2.44 bits per heavy atom. The van der Waals surface area contributed by atoms with E-state index < -0.39 is 0 Å². The minimum atomic E-state index is -0.271. The molecule has 0 aliphatic carbocycles. The highest BCUT2D eigenvalue weighted by Gasteiger charge is 1.88. The predicted molar refractivity (Wildman–Crippen MR) is 33.3 cm³/mol. The highest BCUT2D eigenvalue weighted by Crippen LogP contribution is 1.82. The van der Waals surface area contributed by atoms with Crippen LogP contribution in [0.5, 0.6) is 0 Å². The topological polar surface area (TPSA) is 32.9 Å². The fourth-order valence-corrected chi connectivity index (χ4v) is 0.520. The molecule has 0 amide bonds. The first-order chi connectivity index (χ1) is 4.34. The second kappa shape index (κ2) is 2.19. The summed E-state index contributed by atoms with van der Waals surface area (Å²) >= 11 is 0. The number of aromatic nitrogens is 1. The van der Waals surface area contributed by atoms with E-state index in [0.29, 0.717) is 0 Å². The van der Waals surface area contributed by atoms with Gasteiger partial charge in [-0.25, -0.2) is 0 Å². The lowest BCUT2D eigenvalue weighted by atomic mass is 10.3. The third-order valence-corrected chi connectivity index (χ3v) is 0.953. The summed E-state index contributed by atoms with van der Waals surface area (Å²) in [5.41, 5.74) is -0.00926. The second-order valence-electron chi connectivity index (χ2n) is 1.54. The summed E-state index contributed by atoms with van der Waals surface area (Å²) in [6.07, 6.45) is 8.13. The summed E-state index contributed by atoms with van der Waals surface area (Å²) in [6, 6.07) is 3.18. The second-order valence-corrected chi connectivity index (χ2v) is 1.54. The number of hydrogen-bond acceptors (Lipinski definition) is 1. The molecule has 1 N–H and O–H groups in total. The molecular weight excluding hydrogens is 114 g/mol. The average Bonchev–Trinajstić information content (AvgIpc) is 1.89. The molecule has 0 unspecified atom stereocenters. The van der Waals surface area contributed by atoms with Crippen LogP contribution in [0.3, 0.4) is 0 Å². The number of rotatable bonds is 0. The van der Waals surface area contributed by atoms with Gasteiger partial charge in [-0.05, 0) is 24.5 Å². The summed E-state index contributed by atoms with van der Waals surface area (Å²) in [5.74, 6) is 2.00. The maximum Gasteiger partial charge on any atom is 0.263 e. The maximum absolute atomic E-state index is 10.6. The minimum absolute atomic E-state index is 0.262. The van der Waals surface area contributed by atoms with Crippen LogP contribution in [0.1, 0.15) is 5.56 Å². The van der Waals surface area contributed by atoms with Gasteiger partial charge in [0.05, 0.1) is 5.56 Å². The number of nitrogens with one attached hydrogen (secondary N) is 1. The Balaban J connectivity index is 3.38. The molecule has 0 saturated heterocycles. The van der Waals surface area contributed by atoms with Crippen LogP contribution in [0, 0.1) is 12.3 Å². The highest BCUT2D eigenvalue weighted by molar-refractivity contribution is 5.25. The third kappa shape index (κ3) is 1.000. The molecule has 0 aromatic carbocycles. The first-order valence-corrected chi connectivity index (χ1v) is 2.45. The van der Waals surface area contributed by atoms with Crippen LogP contribution in [-0.4, -0.2) is 4.98 Å². The number of H-pyrrole nitrogens is 1. The van der Waals surface area contributed by atoms with E-state index in [1.54, 1.807) is 6.07 Å². The van der Waals surface area contributed by atoms with Crippen LogP contribution in [-0.2, 0) is 0 Å². The molecule has 0 atom stereocenters. The van der Waals surface area contributed by atoms with Gasteiger partial charge in [0, 0.05) is 6.20 Å². The van der Waals surface area contributed by atoms with Gasteiger partial charge in [0.15, 0.2) is 0 Å². The van der Waals surface area contributed by atoms with Crippen molar-refractivity contribution < 1.29 is 0 Å². The van der Waals surface area contributed by atoms with Crippen molar-refractivity contribution in [2.45, 2.75) is 0 Å². The molecule has 1 aromatic rings. The molecule has 0 fully saturated rings. The number of hydrogen-bond donors (Lipinski definition) is 1. The lowest BCUT2D eigenvalue weighted by Crippen LogP contribution is -2.07. The van der Waals surface area contributed by atoms with Gasteiger partial charge in [-0.1, -0.05) is 0 Å². The zero-order valence-corrected chi connectivity index (χ0v) is 4.64. The van der Waals surface area contributed by atoms with Crippen molar-refractivity contribution in [1.29, 1.82) is 0 Å². The molecular formula is C7H4NO. The smallest absolute Gasteiger partial charge is 0.263 e. The lowest BCUT2D eigenvalue weighted by molar-refractivity contribution is 1.22. The van der Waals surface area contributed by atoms with E-state index >= 15 is 0 Å². The van der Waals surface area contributed by atoms with Crippen molar-refractivity contribution in [3.63, 3.8) is 0 Å². The van der Waals surface area contributed by atoms with Gasteiger partial charge < -0.3 is 4.98 Å². The van der Waals surface area contributed by atoms with E-state index in [4.69, 9.17) is 6.42 Å². The summed E-state index contributed by atoms with van der Waals surface area (Å²) < 4.78 is 0. The summed E-state index contributed by atoms with van der Waals surface area (Å²) in [5, 5.41) is 0. The quantitative estimate of drug-likeness (QED) is 0.489. The largest absolute Gasteiger partial charge is 0.328 e. The number of aromatic amines is 1. The molecule has 9 heavy (non-hydrogen) atoms. The van der Waals surface area contributed by atoms with Gasteiger partial charge in [-0.3, -0.25) is 4.79 Å². The monoisotopic (exact) mass is 118 g/mol. The summed E-state index contributed by atoms with van der Waals surface area (Å²) in [7, 11) is 0. The van der Waals surface area contributed by atoms with E-state index in [9.17, 15) is 4.79 Å². The van der Waals surface area contributed by atoms with Crippen molar-refractivity contribution >= 4 is 0 Å². The molecule has 0 spiro atoms. The zero-order chi connectivity index (χ0) is 6.69. The predicted octanol–water partition coefficient (Wildman–Crippen LogP) is 0.313. The van der Waals surface area contributed by atoms with E-state index in [1.165, 1.54) is 12.3 Å². The third-order valence-electron chi connectivity index (χ3n) is 0.953. The summed E-state index contributed by atoms with van der Waals surface area (Å²) in [4.78, 5) is 13.0. The molecule has 1 radical (unpaired) electrons. The van der Waals surface area contributed by atoms with Crippen molar-refractivity contribution in [2.75, 3.05) is 0 Å². The zero-order valence-electron chi connectivity index (χ0n) is 4.64. The van der Waals surface area contributed by atoms with Crippen LogP contribution in [0.25, 0.3) is 0 Å². The van der Waals surface area contributed by atoms with Crippen molar-refractivity contribution in [1.82, 2.24) is 4.98 Å². The van der Waals surface area contributed by atoms with E-state index in [2.05, 4.69) is 4.98 Å². The van der Waals surface area contributed by atoms with Gasteiger partial charge in [0.1, 0.15) is 0 Å².